The molecule has 2 rings (SSSR count). The zero-order valence-corrected chi connectivity index (χ0v) is 13.6. The minimum Gasteiger partial charge on any atom is -0.497 e. The summed E-state index contributed by atoms with van der Waals surface area (Å²) in [5.41, 5.74) is 1.28. The van der Waals surface area contributed by atoms with Gasteiger partial charge in [0.25, 0.3) is 0 Å². The van der Waals surface area contributed by atoms with Crippen molar-refractivity contribution in [2.24, 2.45) is 0 Å². The van der Waals surface area contributed by atoms with Crippen LogP contribution in [0.25, 0.3) is 0 Å². The summed E-state index contributed by atoms with van der Waals surface area (Å²) in [4.78, 5) is 11.8. The summed E-state index contributed by atoms with van der Waals surface area (Å²) in [5, 5.41) is 6.49. The predicted molar refractivity (Wildman–Crippen MR) is 89.2 cm³/mol. The molecule has 0 radical (unpaired) electrons. The molecule has 0 aliphatic heterocycles. The zero-order chi connectivity index (χ0) is 15.6. The van der Waals surface area contributed by atoms with Crippen LogP contribution in [0.4, 0.5) is 0 Å². The van der Waals surface area contributed by atoms with E-state index in [0.29, 0.717) is 12.5 Å². The van der Waals surface area contributed by atoms with Crippen LogP contribution < -0.4 is 15.4 Å². The first-order valence-electron chi connectivity index (χ1n) is 8.41. The smallest absolute Gasteiger partial charge is 0.221 e. The summed E-state index contributed by atoms with van der Waals surface area (Å²) >= 11 is 0. The fourth-order valence-electron chi connectivity index (χ4n) is 2.90. The quantitative estimate of drug-likeness (QED) is 0.726. The van der Waals surface area contributed by atoms with E-state index in [-0.39, 0.29) is 5.91 Å². The van der Waals surface area contributed by atoms with Crippen LogP contribution in [-0.4, -0.2) is 32.1 Å². The minimum absolute atomic E-state index is 0.184. The molecule has 1 amide bonds. The van der Waals surface area contributed by atoms with Crippen molar-refractivity contribution >= 4 is 5.91 Å². The number of nitrogens with one attached hydrogen (secondary N) is 2. The van der Waals surface area contributed by atoms with E-state index in [9.17, 15) is 4.79 Å². The van der Waals surface area contributed by atoms with Gasteiger partial charge in [0.05, 0.1) is 7.11 Å². The molecule has 4 nitrogen and oxygen atoms in total. The molecule has 4 heteroatoms. The van der Waals surface area contributed by atoms with Crippen molar-refractivity contribution in [3.05, 3.63) is 29.8 Å². The molecule has 2 N–H and O–H groups in total. The van der Waals surface area contributed by atoms with Gasteiger partial charge in [0.15, 0.2) is 0 Å². The Labute approximate surface area is 133 Å². The fraction of sp³-hybridized carbons (Fsp3) is 0.611. The third-order valence-electron chi connectivity index (χ3n) is 4.25. The molecule has 122 valence electrons. The third-order valence-corrected chi connectivity index (χ3v) is 4.25. The predicted octanol–water partition coefficient (Wildman–Crippen LogP) is 2.67. The van der Waals surface area contributed by atoms with Crippen molar-refractivity contribution in [1.29, 1.82) is 0 Å². The maximum Gasteiger partial charge on any atom is 0.221 e. The molecule has 0 atom stereocenters. The van der Waals surface area contributed by atoms with Crippen LogP contribution >= 0.6 is 0 Å². The van der Waals surface area contributed by atoms with Gasteiger partial charge in [-0.2, -0.15) is 0 Å². The van der Waals surface area contributed by atoms with E-state index in [1.807, 2.05) is 12.1 Å². The summed E-state index contributed by atoms with van der Waals surface area (Å²) in [7, 11) is 1.68. The fourth-order valence-corrected chi connectivity index (χ4v) is 2.90. The first-order chi connectivity index (χ1) is 10.8. The highest BCUT2D eigenvalue weighted by atomic mass is 16.5. The van der Waals surface area contributed by atoms with Crippen LogP contribution in [0.2, 0.25) is 0 Å². The Balaban J connectivity index is 1.53. The van der Waals surface area contributed by atoms with Gasteiger partial charge in [-0.05, 0) is 43.5 Å². The van der Waals surface area contributed by atoms with Gasteiger partial charge in [0, 0.05) is 19.0 Å². The molecule has 1 fully saturated rings. The van der Waals surface area contributed by atoms with Crippen molar-refractivity contribution in [3.8, 4) is 5.75 Å². The molecule has 0 spiro atoms. The number of hydrogen-bond acceptors (Lipinski definition) is 3. The number of rotatable bonds is 8. The summed E-state index contributed by atoms with van der Waals surface area (Å²) in [6, 6.07) is 8.53. The highest BCUT2D eigenvalue weighted by molar-refractivity contribution is 5.76. The maximum atomic E-state index is 11.8. The summed E-state index contributed by atoms with van der Waals surface area (Å²) in [5.74, 6) is 1.07. The van der Waals surface area contributed by atoms with E-state index < -0.39 is 0 Å². The van der Waals surface area contributed by atoms with Crippen molar-refractivity contribution in [2.45, 2.75) is 51.0 Å². The second-order valence-electron chi connectivity index (χ2n) is 6.00. The van der Waals surface area contributed by atoms with Gasteiger partial charge in [-0.25, -0.2) is 0 Å². The van der Waals surface area contributed by atoms with E-state index >= 15 is 0 Å². The first kappa shape index (κ1) is 16.8. The van der Waals surface area contributed by atoms with E-state index in [4.69, 9.17) is 4.74 Å². The summed E-state index contributed by atoms with van der Waals surface area (Å²) in [6.07, 6.45) is 7.66. The largest absolute Gasteiger partial charge is 0.497 e. The third kappa shape index (κ3) is 6.06. The molecule has 1 aromatic carbocycles. The number of hydrogen-bond donors (Lipinski definition) is 2. The van der Waals surface area contributed by atoms with Crippen LogP contribution in [0.15, 0.2) is 24.3 Å². The van der Waals surface area contributed by atoms with Gasteiger partial charge in [-0.3, -0.25) is 4.79 Å². The molecule has 0 heterocycles. The lowest BCUT2D eigenvalue weighted by Gasteiger charge is -2.22. The monoisotopic (exact) mass is 304 g/mol. The van der Waals surface area contributed by atoms with Crippen molar-refractivity contribution in [3.63, 3.8) is 0 Å². The molecule has 0 bridgehead atoms. The lowest BCUT2D eigenvalue weighted by atomic mass is 9.95. The Morgan fingerprint density at radius 3 is 2.55 bits per heavy atom. The van der Waals surface area contributed by atoms with Gasteiger partial charge in [0.2, 0.25) is 5.91 Å². The number of carbonyl (C=O) groups excluding carboxylic acids is 1. The Morgan fingerprint density at radius 1 is 1.14 bits per heavy atom. The average molecular weight is 304 g/mol. The standard InChI is InChI=1S/C18H28N2O2/c1-22-17-9-7-15(8-10-17)11-13-19-14-12-18(21)20-16-5-3-2-4-6-16/h7-10,16,19H,2-6,11-14H2,1H3,(H,20,21). The van der Waals surface area contributed by atoms with Crippen LogP contribution in [-0.2, 0) is 11.2 Å². The lowest BCUT2D eigenvalue weighted by Crippen LogP contribution is -2.37. The molecule has 1 saturated carbocycles. The van der Waals surface area contributed by atoms with Gasteiger partial charge in [-0.1, -0.05) is 31.4 Å². The van der Waals surface area contributed by atoms with Crippen molar-refractivity contribution in [2.75, 3.05) is 20.2 Å². The Bertz CT molecular complexity index is 439. The number of methoxy groups -OCH3 is 1. The normalized spacial score (nSPS) is 15.5. The first-order valence-corrected chi connectivity index (χ1v) is 8.41. The van der Waals surface area contributed by atoms with Crippen LogP contribution in [0, 0.1) is 0 Å². The van der Waals surface area contributed by atoms with Crippen LogP contribution in [0.1, 0.15) is 44.1 Å². The molecular formula is C18H28N2O2. The number of amides is 1. The SMILES string of the molecule is COc1ccc(CCNCCC(=O)NC2CCCCC2)cc1. The summed E-state index contributed by atoms with van der Waals surface area (Å²) < 4.78 is 5.14. The molecule has 1 aliphatic rings. The second-order valence-corrected chi connectivity index (χ2v) is 6.00. The minimum atomic E-state index is 0.184. The molecule has 1 aliphatic carbocycles. The average Bonchev–Trinajstić information content (AvgIpc) is 2.56. The highest BCUT2D eigenvalue weighted by Crippen LogP contribution is 2.17. The van der Waals surface area contributed by atoms with Crippen LogP contribution in [0.3, 0.4) is 0 Å². The van der Waals surface area contributed by atoms with E-state index in [1.54, 1.807) is 7.11 Å². The molecular weight excluding hydrogens is 276 g/mol. The molecule has 0 saturated heterocycles. The van der Waals surface area contributed by atoms with Gasteiger partial charge in [0.1, 0.15) is 5.75 Å². The number of carbonyl (C=O) groups is 1. The molecule has 0 unspecified atom stereocenters. The number of ether oxygens (including phenoxy) is 1. The lowest BCUT2D eigenvalue weighted by molar-refractivity contribution is -0.121. The Kier molecular flexibility index (Phi) is 7.23. The Hall–Kier alpha value is -1.55. The van der Waals surface area contributed by atoms with Crippen molar-refractivity contribution in [1.82, 2.24) is 10.6 Å². The van der Waals surface area contributed by atoms with Gasteiger partial charge >= 0.3 is 0 Å². The molecule has 22 heavy (non-hydrogen) atoms. The van der Waals surface area contributed by atoms with E-state index in [2.05, 4.69) is 22.8 Å². The second kappa shape index (κ2) is 9.46. The van der Waals surface area contributed by atoms with E-state index in [1.165, 1.54) is 24.8 Å². The van der Waals surface area contributed by atoms with Crippen LogP contribution in [0.5, 0.6) is 5.75 Å². The highest BCUT2D eigenvalue weighted by Gasteiger charge is 2.14. The summed E-state index contributed by atoms with van der Waals surface area (Å²) in [6.45, 7) is 1.64. The maximum absolute atomic E-state index is 11.8. The Morgan fingerprint density at radius 2 is 1.86 bits per heavy atom. The van der Waals surface area contributed by atoms with Gasteiger partial charge in [-0.15, -0.1) is 0 Å². The van der Waals surface area contributed by atoms with Gasteiger partial charge < -0.3 is 15.4 Å². The number of benzene rings is 1. The zero-order valence-electron chi connectivity index (χ0n) is 13.6. The molecule has 0 aromatic heterocycles. The van der Waals surface area contributed by atoms with Crippen molar-refractivity contribution < 1.29 is 9.53 Å². The topological polar surface area (TPSA) is 50.4 Å². The molecule has 1 aromatic rings. The van der Waals surface area contributed by atoms with E-state index in [0.717, 1.165) is 38.1 Å².